The molecule has 0 saturated heterocycles. The van der Waals surface area contributed by atoms with Gasteiger partial charge in [0.1, 0.15) is 6.54 Å². The lowest BCUT2D eigenvalue weighted by Crippen LogP contribution is -2.57. The Morgan fingerprint density at radius 3 is 2.45 bits per heavy atom. The van der Waals surface area contributed by atoms with Crippen LogP contribution in [0, 0.1) is 5.41 Å². The maximum absolute atomic E-state index is 12.0. The highest BCUT2D eigenvalue weighted by atomic mass is 19.4. The minimum atomic E-state index is -4.37. The number of amides is 1. The number of benzene rings is 1. The first-order valence-electron chi connectivity index (χ1n) is 7.32. The van der Waals surface area contributed by atoms with E-state index in [1.54, 1.807) is 0 Å². The molecular weight excluding hydrogens is 293 g/mol. The highest BCUT2D eigenvalue weighted by molar-refractivity contribution is 5.78. The third-order valence-electron chi connectivity index (χ3n) is 4.46. The van der Waals surface area contributed by atoms with Crippen molar-refractivity contribution in [2.45, 2.75) is 38.4 Å². The molecule has 1 aliphatic carbocycles. The van der Waals surface area contributed by atoms with Gasteiger partial charge >= 0.3 is 6.18 Å². The summed E-state index contributed by atoms with van der Waals surface area (Å²) in [4.78, 5) is 11.4. The van der Waals surface area contributed by atoms with Crippen LogP contribution in [-0.2, 0) is 4.79 Å². The van der Waals surface area contributed by atoms with Gasteiger partial charge in [-0.05, 0) is 23.3 Å². The van der Waals surface area contributed by atoms with Gasteiger partial charge in [-0.3, -0.25) is 4.79 Å². The SMILES string of the molecule is CC1(C)[C@H](NCC(=O)NCC(F)(F)F)C[C@H]1c1ccccc1. The van der Waals surface area contributed by atoms with Crippen molar-refractivity contribution in [1.82, 2.24) is 10.6 Å². The maximum atomic E-state index is 12.0. The Kier molecular flexibility index (Phi) is 4.80. The third kappa shape index (κ3) is 4.00. The van der Waals surface area contributed by atoms with Gasteiger partial charge in [0.2, 0.25) is 5.91 Å². The first-order chi connectivity index (χ1) is 10.2. The molecule has 1 aliphatic rings. The van der Waals surface area contributed by atoms with E-state index in [-0.39, 0.29) is 18.0 Å². The molecule has 6 heteroatoms. The fourth-order valence-corrected chi connectivity index (χ4v) is 3.00. The molecule has 0 aliphatic heterocycles. The van der Waals surface area contributed by atoms with Crippen molar-refractivity contribution in [1.29, 1.82) is 0 Å². The minimum absolute atomic E-state index is 0.0361. The summed E-state index contributed by atoms with van der Waals surface area (Å²) >= 11 is 0. The van der Waals surface area contributed by atoms with E-state index in [1.165, 1.54) is 5.56 Å². The molecule has 1 aromatic carbocycles. The van der Waals surface area contributed by atoms with Crippen molar-refractivity contribution in [2.24, 2.45) is 5.41 Å². The van der Waals surface area contributed by atoms with Crippen LogP contribution in [0.4, 0.5) is 13.2 Å². The average Bonchev–Trinajstić information content (AvgIpc) is 2.44. The summed E-state index contributed by atoms with van der Waals surface area (Å²) in [5, 5.41) is 4.94. The molecule has 3 nitrogen and oxygen atoms in total. The quantitative estimate of drug-likeness (QED) is 0.877. The largest absolute Gasteiger partial charge is 0.405 e. The number of nitrogens with one attached hydrogen (secondary N) is 2. The standard InChI is InChI=1S/C16H21F3N2O/c1-15(2)12(11-6-4-3-5-7-11)8-13(15)20-9-14(22)21-10-16(17,18)19/h3-7,12-13,20H,8-10H2,1-2H3,(H,21,22)/t12-,13+/m0/s1. The van der Waals surface area contributed by atoms with Crippen LogP contribution < -0.4 is 10.6 Å². The van der Waals surface area contributed by atoms with Gasteiger partial charge in [0, 0.05) is 6.04 Å². The Labute approximate surface area is 128 Å². The lowest BCUT2D eigenvalue weighted by atomic mass is 9.56. The molecule has 0 heterocycles. The number of carbonyl (C=O) groups is 1. The highest BCUT2D eigenvalue weighted by Gasteiger charge is 2.48. The van der Waals surface area contributed by atoms with Crippen LogP contribution >= 0.6 is 0 Å². The lowest BCUT2D eigenvalue weighted by Gasteiger charge is -2.53. The van der Waals surface area contributed by atoms with Crippen molar-refractivity contribution in [3.8, 4) is 0 Å². The van der Waals surface area contributed by atoms with E-state index >= 15 is 0 Å². The average molecular weight is 314 g/mol. The zero-order valence-corrected chi connectivity index (χ0v) is 12.7. The first kappa shape index (κ1) is 16.8. The number of alkyl halides is 3. The fraction of sp³-hybridized carbons (Fsp3) is 0.562. The zero-order valence-electron chi connectivity index (χ0n) is 12.7. The van der Waals surface area contributed by atoms with Gasteiger partial charge in [-0.1, -0.05) is 44.2 Å². The molecule has 2 rings (SSSR count). The van der Waals surface area contributed by atoms with Crippen molar-refractivity contribution in [2.75, 3.05) is 13.1 Å². The van der Waals surface area contributed by atoms with Crippen LogP contribution in [0.5, 0.6) is 0 Å². The van der Waals surface area contributed by atoms with Gasteiger partial charge in [0.05, 0.1) is 6.54 Å². The Morgan fingerprint density at radius 2 is 1.91 bits per heavy atom. The molecule has 0 unspecified atom stereocenters. The molecule has 0 bridgehead atoms. The van der Waals surface area contributed by atoms with Crippen molar-refractivity contribution < 1.29 is 18.0 Å². The van der Waals surface area contributed by atoms with Gasteiger partial charge in [0.15, 0.2) is 0 Å². The first-order valence-corrected chi connectivity index (χ1v) is 7.32. The predicted octanol–water partition coefficient (Wildman–Crippen LogP) is 2.84. The van der Waals surface area contributed by atoms with Crippen LogP contribution in [-0.4, -0.2) is 31.2 Å². The predicted molar refractivity (Wildman–Crippen MR) is 78.4 cm³/mol. The molecule has 0 radical (unpaired) electrons. The van der Waals surface area contributed by atoms with E-state index < -0.39 is 18.6 Å². The van der Waals surface area contributed by atoms with E-state index in [0.29, 0.717) is 5.92 Å². The molecule has 0 aromatic heterocycles. The molecule has 1 saturated carbocycles. The molecule has 22 heavy (non-hydrogen) atoms. The number of halogens is 3. The summed E-state index contributed by atoms with van der Waals surface area (Å²) in [6.07, 6.45) is -3.49. The summed E-state index contributed by atoms with van der Waals surface area (Å²) in [6, 6.07) is 10.2. The summed E-state index contributed by atoms with van der Waals surface area (Å²) in [7, 11) is 0. The Hall–Kier alpha value is -1.56. The van der Waals surface area contributed by atoms with Gasteiger partial charge in [-0.2, -0.15) is 13.2 Å². The zero-order chi connectivity index (χ0) is 16.4. The number of rotatable bonds is 5. The van der Waals surface area contributed by atoms with Gasteiger partial charge in [-0.15, -0.1) is 0 Å². The second-order valence-corrected chi connectivity index (χ2v) is 6.35. The van der Waals surface area contributed by atoms with Crippen LogP contribution in [0.1, 0.15) is 31.7 Å². The summed E-state index contributed by atoms with van der Waals surface area (Å²) < 4.78 is 36.1. The Morgan fingerprint density at radius 1 is 1.27 bits per heavy atom. The van der Waals surface area contributed by atoms with E-state index in [4.69, 9.17) is 0 Å². The summed E-state index contributed by atoms with van der Waals surface area (Å²) in [5.74, 6) is -0.235. The summed E-state index contributed by atoms with van der Waals surface area (Å²) in [6.45, 7) is 2.85. The Balaban J connectivity index is 1.80. The topological polar surface area (TPSA) is 41.1 Å². The second kappa shape index (κ2) is 6.28. The van der Waals surface area contributed by atoms with Crippen LogP contribution in [0.25, 0.3) is 0 Å². The lowest BCUT2D eigenvalue weighted by molar-refractivity contribution is -0.138. The highest BCUT2D eigenvalue weighted by Crippen LogP contribution is 2.52. The molecule has 2 N–H and O–H groups in total. The van der Waals surface area contributed by atoms with Crippen LogP contribution in [0.2, 0.25) is 0 Å². The molecule has 1 fully saturated rings. The molecule has 0 spiro atoms. The Bertz CT molecular complexity index is 514. The van der Waals surface area contributed by atoms with E-state index in [1.807, 2.05) is 23.5 Å². The van der Waals surface area contributed by atoms with Gasteiger partial charge in [-0.25, -0.2) is 0 Å². The maximum Gasteiger partial charge on any atom is 0.405 e. The van der Waals surface area contributed by atoms with Gasteiger partial charge < -0.3 is 10.6 Å². The van der Waals surface area contributed by atoms with E-state index in [0.717, 1.165) is 6.42 Å². The molecule has 2 atom stereocenters. The second-order valence-electron chi connectivity index (χ2n) is 6.35. The van der Waals surface area contributed by atoms with Crippen molar-refractivity contribution in [3.63, 3.8) is 0 Å². The minimum Gasteiger partial charge on any atom is -0.346 e. The van der Waals surface area contributed by atoms with Crippen LogP contribution in [0.15, 0.2) is 30.3 Å². The summed E-state index contributed by atoms with van der Waals surface area (Å²) in [5.41, 5.74) is 1.22. The third-order valence-corrected chi connectivity index (χ3v) is 4.46. The smallest absolute Gasteiger partial charge is 0.346 e. The number of hydrogen-bond acceptors (Lipinski definition) is 2. The fourth-order valence-electron chi connectivity index (χ4n) is 3.00. The molecule has 122 valence electrons. The molecular formula is C16H21F3N2O. The number of carbonyl (C=O) groups excluding carboxylic acids is 1. The van der Waals surface area contributed by atoms with E-state index in [9.17, 15) is 18.0 Å². The molecule has 1 amide bonds. The normalized spacial score (nSPS) is 23.7. The molecule has 1 aromatic rings. The monoisotopic (exact) mass is 314 g/mol. The van der Waals surface area contributed by atoms with Crippen molar-refractivity contribution >= 4 is 5.91 Å². The number of hydrogen-bond donors (Lipinski definition) is 2. The van der Waals surface area contributed by atoms with E-state index in [2.05, 4.69) is 31.3 Å². The van der Waals surface area contributed by atoms with Gasteiger partial charge in [0.25, 0.3) is 0 Å². The van der Waals surface area contributed by atoms with Crippen LogP contribution in [0.3, 0.4) is 0 Å². The van der Waals surface area contributed by atoms with Crippen molar-refractivity contribution in [3.05, 3.63) is 35.9 Å².